The minimum atomic E-state index is -0.0272. The summed E-state index contributed by atoms with van der Waals surface area (Å²) in [5, 5.41) is 3.52. The van der Waals surface area contributed by atoms with E-state index in [1.54, 1.807) is 21.3 Å². The van der Waals surface area contributed by atoms with Gasteiger partial charge in [-0.1, -0.05) is 48.5 Å². The van der Waals surface area contributed by atoms with Gasteiger partial charge in [-0.15, -0.1) is 0 Å². The monoisotopic (exact) mass is 462 g/mol. The van der Waals surface area contributed by atoms with Crippen molar-refractivity contribution in [3.05, 3.63) is 83.4 Å². The predicted octanol–water partition coefficient (Wildman–Crippen LogP) is 4.68. The molecule has 1 saturated heterocycles. The molecule has 0 bridgehead atoms. The van der Waals surface area contributed by atoms with Crippen LogP contribution in [0.15, 0.2) is 66.7 Å². The first kappa shape index (κ1) is 23.9. The van der Waals surface area contributed by atoms with Crippen molar-refractivity contribution in [2.24, 2.45) is 0 Å². The summed E-state index contributed by atoms with van der Waals surface area (Å²) in [5.74, 6) is 2.77. The van der Waals surface area contributed by atoms with Gasteiger partial charge in [0, 0.05) is 25.2 Å². The Hall–Kier alpha value is -3.22. The van der Waals surface area contributed by atoms with Crippen LogP contribution in [0, 0.1) is 0 Å². The second-order valence-electron chi connectivity index (χ2n) is 8.31. The van der Waals surface area contributed by atoms with Gasteiger partial charge in [0.1, 0.15) is 12.4 Å². The Balaban J connectivity index is 1.78. The topological polar surface area (TPSA) is 52.2 Å². The summed E-state index contributed by atoms with van der Waals surface area (Å²) in [4.78, 5) is 2.51. The van der Waals surface area contributed by atoms with Crippen molar-refractivity contribution in [1.82, 2.24) is 10.2 Å². The van der Waals surface area contributed by atoms with E-state index >= 15 is 0 Å². The summed E-state index contributed by atoms with van der Waals surface area (Å²) in [6.07, 6.45) is 1.08. The molecule has 4 rings (SSSR count). The Morgan fingerprint density at radius 1 is 0.794 bits per heavy atom. The fraction of sp³-hybridized carbons (Fsp3) is 0.357. The molecule has 6 heteroatoms. The maximum atomic E-state index is 6.38. The number of methoxy groups -OCH3 is 3. The van der Waals surface area contributed by atoms with Crippen molar-refractivity contribution in [1.29, 1.82) is 0 Å². The third kappa shape index (κ3) is 5.46. The summed E-state index contributed by atoms with van der Waals surface area (Å²) in [6.45, 7) is 4.37. The lowest BCUT2D eigenvalue weighted by molar-refractivity contribution is 0.229. The van der Waals surface area contributed by atoms with Gasteiger partial charge in [-0.25, -0.2) is 0 Å². The highest BCUT2D eigenvalue weighted by Crippen LogP contribution is 2.43. The van der Waals surface area contributed by atoms with Crippen LogP contribution in [-0.2, 0) is 6.61 Å². The normalized spacial score (nSPS) is 15.3. The number of benzene rings is 3. The van der Waals surface area contributed by atoms with Crippen molar-refractivity contribution < 1.29 is 18.9 Å². The van der Waals surface area contributed by atoms with E-state index in [2.05, 4.69) is 52.7 Å². The average molecular weight is 463 g/mol. The van der Waals surface area contributed by atoms with Gasteiger partial charge in [-0.05, 0) is 42.3 Å². The van der Waals surface area contributed by atoms with Crippen molar-refractivity contribution in [2.45, 2.75) is 19.1 Å². The van der Waals surface area contributed by atoms with Crippen LogP contribution >= 0.6 is 0 Å². The van der Waals surface area contributed by atoms with E-state index in [0.717, 1.165) is 55.0 Å². The van der Waals surface area contributed by atoms with Crippen molar-refractivity contribution in [2.75, 3.05) is 47.5 Å². The first-order valence-corrected chi connectivity index (χ1v) is 11.8. The second kappa shape index (κ2) is 11.8. The standard InChI is InChI=1S/C28H34N2O4/c1-31-25-18-22(19-26(32-2)28(25)33-3)27(30-16-9-14-29-15-17-30)23-12-7-8-13-24(23)34-20-21-10-5-4-6-11-21/h4-8,10-13,18-19,27,29H,9,14-17,20H2,1-3H3. The minimum Gasteiger partial charge on any atom is -0.493 e. The molecule has 34 heavy (non-hydrogen) atoms. The lowest BCUT2D eigenvalue weighted by Crippen LogP contribution is -2.33. The molecule has 1 N–H and O–H groups in total. The molecule has 0 spiro atoms. The number of hydrogen-bond donors (Lipinski definition) is 1. The molecule has 1 atom stereocenters. The summed E-state index contributed by atoms with van der Waals surface area (Å²) in [6, 6.07) is 22.7. The second-order valence-corrected chi connectivity index (χ2v) is 8.31. The van der Waals surface area contributed by atoms with E-state index in [9.17, 15) is 0 Å². The van der Waals surface area contributed by atoms with Crippen LogP contribution in [0.4, 0.5) is 0 Å². The van der Waals surface area contributed by atoms with Crippen LogP contribution in [0.25, 0.3) is 0 Å². The molecule has 3 aromatic carbocycles. The smallest absolute Gasteiger partial charge is 0.203 e. The Kier molecular flexibility index (Phi) is 8.28. The molecule has 3 aromatic rings. The zero-order chi connectivity index (χ0) is 23.8. The molecule has 6 nitrogen and oxygen atoms in total. The Labute approximate surface area is 202 Å². The fourth-order valence-corrected chi connectivity index (χ4v) is 4.54. The minimum absolute atomic E-state index is 0.0272. The largest absolute Gasteiger partial charge is 0.493 e. The number of ether oxygens (including phenoxy) is 4. The van der Waals surface area contributed by atoms with Crippen LogP contribution in [0.2, 0.25) is 0 Å². The van der Waals surface area contributed by atoms with Gasteiger partial charge in [0.25, 0.3) is 0 Å². The van der Waals surface area contributed by atoms with E-state index < -0.39 is 0 Å². The van der Waals surface area contributed by atoms with Gasteiger partial charge in [0.15, 0.2) is 11.5 Å². The fourth-order valence-electron chi connectivity index (χ4n) is 4.54. The number of hydrogen-bond acceptors (Lipinski definition) is 6. The first-order valence-electron chi connectivity index (χ1n) is 11.8. The molecule has 1 unspecified atom stereocenters. The molecule has 180 valence electrons. The summed E-state index contributed by atoms with van der Waals surface area (Å²) in [5.41, 5.74) is 3.34. The van der Waals surface area contributed by atoms with Gasteiger partial charge >= 0.3 is 0 Å². The average Bonchev–Trinajstić information content (AvgIpc) is 3.17. The van der Waals surface area contributed by atoms with E-state index in [1.807, 2.05) is 24.3 Å². The zero-order valence-electron chi connectivity index (χ0n) is 20.3. The quantitative estimate of drug-likeness (QED) is 0.499. The number of nitrogens with one attached hydrogen (secondary N) is 1. The molecular formula is C28H34N2O4. The van der Waals surface area contributed by atoms with E-state index in [-0.39, 0.29) is 6.04 Å². The number of para-hydroxylation sites is 1. The molecule has 1 aliphatic rings. The maximum absolute atomic E-state index is 6.38. The lowest BCUT2D eigenvalue weighted by atomic mass is 9.95. The van der Waals surface area contributed by atoms with E-state index in [1.165, 1.54) is 0 Å². The van der Waals surface area contributed by atoms with Crippen LogP contribution in [0.1, 0.15) is 29.2 Å². The summed E-state index contributed by atoms with van der Waals surface area (Å²) in [7, 11) is 4.94. The lowest BCUT2D eigenvalue weighted by Gasteiger charge is -2.33. The number of nitrogens with zero attached hydrogens (tertiary/aromatic N) is 1. The molecule has 1 fully saturated rings. The zero-order valence-corrected chi connectivity index (χ0v) is 20.3. The predicted molar refractivity (Wildman–Crippen MR) is 134 cm³/mol. The van der Waals surface area contributed by atoms with Gasteiger partial charge in [0.2, 0.25) is 5.75 Å². The molecule has 0 aliphatic carbocycles. The molecular weight excluding hydrogens is 428 g/mol. The Bertz CT molecular complexity index is 1020. The molecule has 0 radical (unpaired) electrons. The number of rotatable bonds is 9. The van der Waals surface area contributed by atoms with Crippen molar-refractivity contribution in [3.8, 4) is 23.0 Å². The van der Waals surface area contributed by atoms with E-state index in [4.69, 9.17) is 18.9 Å². The third-order valence-corrected chi connectivity index (χ3v) is 6.19. The highest BCUT2D eigenvalue weighted by molar-refractivity contribution is 5.56. The Morgan fingerprint density at radius 2 is 1.50 bits per heavy atom. The van der Waals surface area contributed by atoms with Crippen LogP contribution in [0.3, 0.4) is 0 Å². The van der Waals surface area contributed by atoms with Gasteiger partial charge in [-0.2, -0.15) is 0 Å². The highest BCUT2D eigenvalue weighted by atomic mass is 16.5. The third-order valence-electron chi connectivity index (χ3n) is 6.19. The maximum Gasteiger partial charge on any atom is 0.203 e. The highest BCUT2D eigenvalue weighted by Gasteiger charge is 2.28. The van der Waals surface area contributed by atoms with Gasteiger partial charge < -0.3 is 24.3 Å². The Morgan fingerprint density at radius 3 is 2.21 bits per heavy atom. The van der Waals surface area contributed by atoms with Gasteiger partial charge in [0.05, 0.1) is 27.4 Å². The molecule has 1 aliphatic heterocycles. The van der Waals surface area contributed by atoms with Crippen molar-refractivity contribution in [3.63, 3.8) is 0 Å². The van der Waals surface area contributed by atoms with Crippen LogP contribution < -0.4 is 24.3 Å². The summed E-state index contributed by atoms with van der Waals surface area (Å²) < 4.78 is 23.3. The van der Waals surface area contributed by atoms with E-state index in [0.29, 0.717) is 23.9 Å². The molecule has 1 heterocycles. The molecule has 0 aromatic heterocycles. The van der Waals surface area contributed by atoms with Gasteiger partial charge in [-0.3, -0.25) is 4.90 Å². The van der Waals surface area contributed by atoms with Crippen LogP contribution in [-0.4, -0.2) is 52.4 Å². The van der Waals surface area contributed by atoms with Crippen molar-refractivity contribution >= 4 is 0 Å². The molecule has 0 saturated carbocycles. The first-order chi connectivity index (χ1) is 16.7. The SMILES string of the molecule is COc1cc(C(c2ccccc2OCc2ccccc2)N2CCCNCC2)cc(OC)c1OC. The molecule has 0 amide bonds. The van der Waals surface area contributed by atoms with Crippen LogP contribution in [0.5, 0.6) is 23.0 Å². The summed E-state index contributed by atoms with van der Waals surface area (Å²) >= 11 is 0.